The summed E-state index contributed by atoms with van der Waals surface area (Å²) in [5, 5.41) is 7.21. The first-order valence-corrected chi connectivity index (χ1v) is 3.75. The minimum Gasteiger partial charge on any atom is -0.667 e. The van der Waals surface area contributed by atoms with Crippen LogP contribution < -0.4 is 0 Å². The first kappa shape index (κ1) is 10.4. The number of rotatable bonds is 2. The van der Waals surface area contributed by atoms with E-state index in [-0.39, 0.29) is 11.3 Å². The lowest BCUT2D eigenvalue weighted by atomic mass is 9.99. The van der Waals surface area contributed by atoms with Gasteiger partial charge in [0.2, 0.25) is 0 Å². The standard InChI is InChI=1S/C8H17N2O/c1-6(9)7(10)11-5-8(2,3)4/h6,9-10H,5H2,1-4H3/q-1/t6-/m0/s1. The van der Waals surface area contributed by atoms with Gasteiger partial charge in [-0.05, 0) is 5.41 Å². The van der Waals surface area contributed by atoms with Gasteiger partial charge in [0.1, 0.15) is 0 Å². The molecule has 3 nitrogen and oxygen atoms in total. The predicted molar refractivity (Wildman–Crippen MR) is 46.9 cm³/mol. The summed E-state index contributed by atoms with van der Waals surface area (Å²) in [6, 6.07) is -0.544. The maximum Gasteiger partial charge on any atom is 0.162 e. The lowest BCUT2D eigenvalue weighted by Crippen LogP contribution is -2.22. The normalized spacial score (nSPS) is 14.3. The van der Waals surface area contributed by atoms with Crippen LogP contribution in [0.1, 0.15) is 27.7 Å². The van der Waals surface area contributed by atoms with Crippen LogP contribution in [0.15, 0.2) is 0 Å². The van der Waals surface area contributed by atoms with Crippen LogP contribution in [0.5, 0.6) is 0 Å². The van der Waals surface area contributed by atoms with E-state index in [9.17, 15) is 0 Å². The highest BCUT2D eigenvalue weighted by Crippen LogP contribution is 2.13. The summed E-state index contributed by atoms with van der Waals surface area (Å²) in [5.41, 5.74) is 7.21. The molecule has 0 bridgehead atoms. The zero-order valence-corrected chi connectivity index (χ0v) is 7.69. The highest BCUT2D eigenvalue weighted by molar-refractivity contribution is 5.79. The molecule has 1 atom stereocenters. The van der Waals surface area contributed by atoms with E-state index in [0.29, 0.717) is 6.61 Å². The molecule has 0 aliphatic carbocycles. The molecule has 11 heavy (non-hydrogen) atoms. The van der Waals surface area contributed by atoms with Crippen LogP contribution in [0.25, 0.3) is 5.73 Å². The summed E-state index contributed by atoms with van der Waals surface area (Å²) < 4.78 is 5.06. The van der Waals surface area contributed by atoms with Gasteiger partial charge in [-0.15, -0.1) is 0 Å². The first-order valence-electron chi connectivity index (χ1n) is 3.75. The highest BCUT2D eigenvalue weighted by Gasteiger charge is 2.11. The first-order chi connectivity index (χ1) is 4.83. The Labute approximate surface area is 68.4 Å². The zero-order valence-electron chi connectivity index (χ0n) is 7.69. The van der Waals surface area contributed by atoms with E-state index < -0.39 is 6.04 Å². The molecule has 0 spiro atoms. The third-order valence-corrected chi connectivity index (χ3v) is 1.05. The average molecular weight is 157 g/mol. The van der Waals surface area contributed by atoms with Crippen molar-refractivity contribution < 1.29 is 4.74 Å². The van der Waals surface area contributed by atoms with Crippen molar-refractivity contribution in [3.63, 3.8) is 0 Å². The number of hydrogen-bond donors (Lipinski definition) is 1. The van der Waals surface area contributed by atoms with Crippen molar-refractivity contribution in [3.05, 3.63) is 5.73 Å². The molecule has 3 heteroatoms. The quantitative estimate of drug-likeness (QED) is 0.486. The Morgan fingerprint density at radius 2 is 2.00 bits per heavy atom. The van der Waals surface area contributed by atoms with Crippen molar-refractivity contribution in [2.75, 3.05) is 6.61 Å². The maximum absolute atomic E-state index is 7.21. The Morgan fingerprint density at radius 1 is 1.55 bits per heavy atom. The largest absolute Gasteiger partial charge is 0.667 e. The van der Waals surface area contributed by atoms with Gasteiger partial charge in [-0.2, -0.15) is 0 Å². The fourth-order valence-electron chi connectivity index (χ4n) is 0.419. The number of ether oxygens (including phenoxy) is 1. The van der Waals surface area contributed by atoms with E-state index in [2.05, 4.69) is 0 Å². The van der Waals surface area contributed by atoms with Crippen molar-refractivity contribution in [2.45, 2.75) is 33.7 Å². The molecule has 0 saturated heterocycles. The summed E-state index contributed by atoms with van der Waals surface area (Å²) in [6.45, 7) is 8.25. The summed E-state index contributed by atoms with van der Waals surface area (Å²) in [4.78, 5) is 0. The van der Waals surface area contributed by atoms with Crippen LogP contribution >= 0.6 is 0 Å². The molecule has 0 rings (SSSR count). The molecule has 0 heterocycles. The van der Waals surface area contributed by atoms with Crippen molar-refractivity contribution >= 4 is 5.90 Å². The van der Waals surface area contributed by atoms with Crippen LogP contribution in [-0.4, -0.2) is 18.5 Å². The minimum absolute atomic E-state index is 0.0555. The SMILES string of the molecule is C[C@H]([NH-])C(=N)OCC(C)(C)C. The zero-order chi connectivity index (χ0) is 9.07. The lowest BCUT2D eigenvalue weighted by Gasteiger charge is -2.22. The third-order valence-electron chi connectivity index (χ3n) is 1.05. The average Bonchev–Trinajstić information content (AvgIpc) is 1.80. The van der Waals surface area contributed by atoms with Crippen LogP contribution in [0, 0.1) is 10.8 Å². The van der Waals surface area contributed by atoms with Crippen LogP contribution in [-0.2, 0) is 4.74 Å². The molecule has 0 aliphatic heterocycles. The van der Waals surface area contributed by atoms with E-state index in [0.717, 1.165) is 0 Å². The van der Waals surface area contributed by atoms with Crippen LogP contribution in [0.4, 0.5) is 0 Å². The fraction of sp³-hybridized carbons (Fsp3) is 0.875. The Bertz CT molecular complexity index is 136. The van der Waals surface area contributed by atoms with Crippen LogP contribution in [0.3, 0.4) is 0 Å². The molecule has 0 aromatic heterocycles. The Hall–Kier alpha value is -0.570. The molecule has 0 fully saturated rings. The molecular formula is C8H17N2O-. The lowest BCUT2D eigenvalue weighted by molar-refractivity contribution is 0.181. The van der Waals surface area contributed by atoms with E-state index in [4.69, 9.17) is 15.9 Å². The van der Waals surface area contributed by atoms with E-state index in [1.54, 1.807) is 6.92 Å². The molecule has 2 N–H and O–H groups in total. The topological polar surface area (TPSA) is 56.9 Å². The maximum atomic E-state index is 7.21. The van der Waals surface area contributed by atoms with Gasteiger partial charge in [-0.1, -0.05) is 33.7 Å². The minimum atomic E-state index is -0.544. The monoisotopic (exact) mass is 157 g/mol. The molecule has 0 aromatic carbocycles. The molecule has 66 valence electrons. The molecule has 0 aliphatic rings. The summed E-state index contributed by atoms with van der Waals surface area (Å²) in [6.07, 6.45) is 0. The summed E-state index contributed by atoms with van der Waals surface area (Å²) in [7, 11) is 0. The summed E-state index contributed by atoms with van der Waals surface area (Å²) in [5.74, 6) is 0.0555. The smallest absolute Gasteiger partial charge is 0.162 e. The second-order valence-electron chi connectivity index (χ2n) is 3.94. The molecular weight excluding hydrogens is 140 g/mol. The van der Waals surface area contributed by atoms with Gasteiger partial charge >= 0.3 is 0 Å². The van der Waals surface area contributed by atoms with Crippen LogP contribution in [0.2, 0.25) is 0 Å². The van der Waals surface area contributed by atoms with Gasteiger partial charge < -0.3 is 10.5 Å². The second kappa shape index (κ2) is 3.72. The molecule has 0 saturated carbocycles. The number of nitrogens with one attached hydrogen (secondary N) is 2. The van der Waals surface area contributed by atoms with Gasteiger partial charge in [0.25, 0.3) is 0 Å². The molecule has 0 amide bonds. The fourth-order valence-corrected chi connectivity index (χ4v) is 0.419. The van der Waals surface area contributed by atoms with Gasteiger partial charge in [-0.25, -0.2) is 0 Å². The van der Waals surface area contributed by atoms with E-state index in [1.165, 1.54) is 0 Å². The molecule has 0 aromatic rings. The second-order valence-corrected chi connectivity index (χ2v) is 3.94. The van der Waals surface area contributed by atoms with Crippen molar-refractivity contribution in [1.82, 2.24) is 0 Å². The van der Waals surface area contributed by atoms with E-state index in [1.807, 2.05) is 20.8 Å². The van der Waals surface area contributed by atoms with Gasteiger partial charge in [0.05, 0.1) is 6.61 Å². The van der Waals surface area contributed by atoms with Gasteiger partial charge in [0.15, 0.2) is 5.90 Å². The highest BCUT2D eigenvalue weighted by atomic mass is 16.5. The van der Waals surface area contributed by atoms with E-state index >= 15 is 0 Å². The molecule has 0 radical (unpaired) electrons. The predicted octanol–water partition coefficient (Wildman–Crippen LogP) is 2.47. The van der Waals surface area contributed by atoms with Crippen molar-refractivity contribution in [2.24, 2.45) is 5.41 Å². The van der Waals surface area contributed by atoms with Crippen molar-refractivity contribution in [3.8, 4) is 0 Å². The van der Waals surface area contributed by atoms with Crippen molar-refractivity contribution in [1.29, 1.82) is 5.41 Å². The van der Waals surface area contributed by atoms with Gasteiger partial charge in [-0.3, -0.25) is 5.41 Å². The third kappa shape index (κ3) is 5.85. The Morgan fingerprint density at radius 3 is 2.27 bits per heavy atom. The number of hydrogen-bond acceptors (Lipinski definition) is 2. The summed E-state index contributed by atoms with van der Waals surface area (Å²) >= 11 is 0. The Balaban J connectivity index is 3.64. The van der Waals surface area contributed by atoms with Gasteiger partial charge in [0, 0.05) is 0 Å². The molecule has 0 unspecified atom stereocenters. The Kier molecular flexibility index (Phi) is 3.52.